The second kappa shape index (κ2) is 5.69. The van der Waals surface area contributed by atoms with Gasteiger partial charge in [-0.3, -0.25) is 0 Å². The molecule has 0 spiro atoms. The van der Waals surface area contributed by atoms with Gasteiger partial charge >= 0.3 is 5.97 Å². The first-order valence-electron chi connectivity index (χ1n) is 7.19. The molecule has 1 saturated heterocycles. The van der Waals surface area contributed by atoms with Gasteiger partial charge in [0, 0.05) is 19.7 Å². The molecule has 2 atom stereocenters. The van der Waals surface area contributed by atoms with Gasteiger partial charge in [-0.15, -0.1) is 0 Å². The van der Waals surface area contributed by atoms with Crippen LogP contribution < -0.4 is 4.90 Å². The van der Waals surface area contributed by atoms with Gasteiger partial charge in [-0.1, -0.05) is 24.2 Å². The number of carboxylic acid groups (broad SMARTS) is 1. The van der Waals surface area contributed by atoms with Crippen LogP contribution >= 0.6 is 11.3 Å². The summed E-state index contributed by atoms with van der Waals surface area (Å²) in [5, 5.41) is 10.1. The van der Waals surface area contributed by atoms with Gasteiger partial charge < -0.3 is 14.7 Å². The van der Waals surface area contributed by atoms with E-state index >= 15 is 0 Å². The lowest BCUT2D eigenvalue weighted by atomic mass is 9.85. The van der Waals surface area contributed by atoms with Crippen molar-refractivity contribution < 1.29 is 14.6 Å². The number of nitrogens with zero attached hydrogens (tertiary/aromatic N) is 2. The van der Waals surface area contributed by atoms with Crippen LogP contribution in [-0.2, 0) is 11.3 Å². The molecule has 0 bridgehead atoms. The molecule has 5 nitrogen and oxygen atoms in total. The highest BCUT2D eigenvalue weighted by Gasteiger charge is 2.37. The van der Waals surface area contributed by atoms with E-state index in [0.717, 1.165) is 17.6 Å². The third-order valence-corrected chi connectivity index (χ3v) is 5.54. The van der Waals surface area contributed by atoms with Crippen LogP contribution in [-0.4, -0.2) is 35.8 Å². The first-order valence-corrected chi connectivity index (χ1v) is 8.01. The van der Waals surface area contributed by atoms with Gasteiger partial charge in [-0.05, 0) is 25.2 Å². The Balaban J connectivity index is 1.86. The van der Waals surface area contributed by atoms with Crippen molar-refractivity contribution in [1.82, 2.24) is 4.98 Å². The molecule has 2 aliphatic rings. The lowest BCUT2D eigenvalue weighted by Crippen LogP contribution is -2.34. The molecule has 2 fully saturated rings. The predicted molar refractivity (Wildman–Crippen MR) is 77.5 cm³/mol. The Hall–Kier alpha value is -1.14. The van der Waals surface area contributed by atoms with E-state index in [-0.39, 0.29) is 6.61 Å². The van der Waals surface area contributed by atoms with E-state index in [1.807, 2.05) is 0 Å². The molecule has 0 radical (unpaired) electrons. The van der Waals surface area contributed by atoms with Crippen molar-refractivity contribution in [3.05, 3.63) is 10.6 Å². The average molecular weight is 296 g/mol. The quantitative estimate of drug-likeness (QED) is 0.925. The normalized spacial score (nSPS) is 25.8. The van der Waals surface area contributed by atoms with Gasteiger partial charge in [0.05, 0.1) is 12.3 Å². The van der Waals surface area contributed by atoms with E-state index in [2.05, 4.69) is 9.88 Å². The van der Waals surface area contributed by atoms with E-state index in [1.54, 1.807) is 7.11 Å². The summed E-state index contributed by atoms with van der Waals surface area (Å²) in [5.41, 5.74) is 0.555. The Bertz CT molecular complexity index is 503. The Morgan fingerprint density at radius 1 is 1.45 bits per heavy atom. The first kappa shape index (κ1) is 13.8. The van der Waals surface area contributed by atoms with Crippen LogP contribution in [0.25, 0.3) is 0 Å². The molecular weight excluding hydrogens is 276 g/mol. The van der Waals surface area contributed by atoms with Crippen molar-refractivity contribution >= 4 is 22.4 Å². The Morgan fingerprint density at radius 2 is 2.25 bits per heavy atom. The number of aromatic carboxylic acids is 1. The number of carboxylic acids is 1. The number of ether oxygens (including phenoxy) is 1. The van der Waals surface area contributed by atoms with E-state index in [1.165, 1.54) is 43.4 Å². The fraction of sp³-hybridized carbons (Fsp3) is 0.714. The molecule has 1 aromatic heterocycles. The van der Waals surface area contributed by atoms with Gasteiger partial charge in [0.15, 0.2) is 5.13 Å². The molecule has 1 aliphatic carbocycles. The average Bonchev–Trinajstić information content (AvgIpc) is 3.02. The van der Waals surface area contributed by atoms with Crippen molar-refractivity contribution in [3.63, 3.8) is 0 Å². The third kappa shape index (κ3) is 2.42. The third-order valence-electron chi connectivity index (χ3n) is 4.42. The van der Waals surface area contributed by atoms with Crippen LogP contribution in [0.1, 0.15) is 47.5 Å². The summed E-state index contributed by atoms with van der Waals surface area (Å²) in [6.45, 7) is 1.27. The van der Waals surface area contributed by atoms with Crippen molar-refractivity contribution in [2.24, 2.45) is 5.92 Å². The standard InChI is InChI=1S/C14H20N2O3S/c1-19-8-10-12(13(17)18)20-14(15-10)16-7-6-9-4-2-3-5-11(9)16/h9,11H,2-8H2,1H3,(H,17,18). The maximum absolute atomic E-state index is 11.3. The second-order valence-corrected chi connectivity index (χ2v) is 6.58. The van der Waals surface area contributed by atoms with Crippen LogP contribution in [0.2, 0.25) is 0 Å². The van der Waals surface area contributed by atoms with Crippen molar-refractivity contribution in [2.75, 3.05) is 18.6 Å². The zero-order chi connectivity index (χ0) is 14.1. The van der Waals surface area contributed by atoms with Gasteiger partial charge in [-0.2, -0.15) is 0 Å². The van der Waals surface area contributed by atoms with Crippen LogP contribution in [0.15, 0.2) is 0 Å². The Labute approximate surface area is 122 Å². The molecule has 1 aromatic rings. The summed E-state index contributed by atoms with van der Waals surface area (Å²) in [6.07, 6.45) is 6.35. The highest BCUT2D eigenvalue weighted by atomic mass is 32.1. The Morgan fingerprint density at radius 3 is 3.00 bits per heavy atom. The topological polar surface area (TPSA) is 62.7 Å². The molecule has 1 aliphatic heterocycles. The molecule has 6 heteroatoms. The molecule has 1 N–H and O–H groups in total. The first-order chi connectivity index (χ1) is 9.70. The maximum atomic E-state index is 11.3. The summed E-state index contributed by atoms with van der Waals surface area (Å²) >= 11 is 1.30. The zero-order valence-corrected chi connectivity index (χ0v) is 12.5. The van der Waals surface area contributed by atoms with Crippen molar-refractivity contribution in [1.29, 1.82) is 0 Å². The molecule has 3 rings (SSSR count). The van der Waals surface area contributed by atoms with E-state index < -0.39 is 5.97 Å². The molecule has 1 saturated carbocycles. The highest BCUT2D eigenvalue weighted by molar-refractivity contribution is 7.17. The van der Waals surface area contributed by atoms with E-state index in [4.69, 9.17) is 4.74 Å². The fourth-order valence-electron chi connectivity index (χ4n) is 3.51. The van der Waals surface area contributed by atoms with E-state index in [9.17, 15) is 9.90 Å². The van der Waals surface area contributed by atoms with E-state index in [0.29, 0.717) is 16.6 Å². The van der Waals surface area contributed by atoms with Crippen LogP contribution in [0.3, 0.4) is 0 Å². The van der Waals surface area contributed by atoms with Gasteiger partial charge in [0.1, 0.15) is 4.88 Å². The summed E-state index contributed by atoms with van der Waals surface area (Å²) in [5.74, 6) is -0.132. The molecule has 2 unspecified atom stereocenters. The zero-order valence-electron chi connectivity index (χ0n) is 11.7. The molecule has 20 heavy (non-hydrogen) atoms. The number of hydrogen-bond donors (Lipinski definition) is 1. The predicted octanol–water partition coefficient (Wildman–Crippen LogP) is 2.76. The smallest absolute Gasteiger partial charge is 0.347 e. The minimum absolute atomic E-state index is 0.264. The van der Waals surface area contributed by atoms with Crippen molar-refractivity contribution in [2.45, 2.75) is 44.8 Å². The number of carbonyl (C=O) groups is 1. The summed E-state index contributed by atoms with van der Waals surface area (Å²) < 4.78 is 5.06. The molecule has 0 amide bonds. The number of aromatic nitrogens is 1. The van der Waals surface area contributed by atoms with Crippen LogP contribution in [0.5, 0.6) is 0 Å². The van der Waals surface area contributed by atoms with Crippen LogP contribution in [0.4, 0.5) is 5.13 Å². The maximum Gasteiger partial charge on any atom is 0.347 e. The summed E-state index contributed by atoms with van der Waals surface area (Å²) in [4.78, 5) is 18.5. The molecule has 0 aromatic carbocycles. The number of methoxy groups -OCH3 is 1. The van der Waals surface area contributed by atoms with Gasteiger partial charge in [0.25, 0.3) is 0 Å². The van der Waals surface area contributed by atoms with Gasteiger partial charge in [0.2, 0.25) is 0 Å². The van der Waals surface area contributed by atoms with Crippen molar-refractivity contribution in [3.8, 4) is 0 Å². The number of anilines is 1. The molecule has 110 valence electrons. The second-order valence-electron chi connectivity index (χ2n) is 5.60. The number of thiazole rings is 1. The number of hydrogen-bond acceptors (Lipinski definition) is 5. The molecule has 2 heterocycles. The highest BCUT2D eigenvalue weighted by Crippen LogP contribution is 2.40. The number of rotatable bonds is 4. The number of fused-ring (bicyclic) bond motifs is 1. The SMILES string of the molecule is COCc1nc(N2CCC3CCCCC32)sc1C(=O)O. The van der Waals surface area contributed by atoms with Crippen LogP contribution in [0, 0.1) is 5.92 Å². The lowest BCUT2D eigenvalue weighted by Gasteiger charge is -2.31. The Kier molecular flexibility index (Phi) is 3.94. The largest absolute Gasteiger partial charge is 0.477 e. The van der Waals surface area contributed by atoms with Gasteiger partial charge in [-0.25, -0.2) is 9.78 Å². The minimum Gasteiger partial charge on any atom is -0.477 e. The fourth-order valence-corrected chi connectivity index (χ4v) is 4.50. The lowest BCUT2D eigenvalue weighted by molar-refractivity contribution is 0.0697. The monoisotopic (exact) mass is 296 g/mol. The minimum atomic E-state index is -0.903. The summed E-state index contributed by atoms with van der Waals surface area (Å²) in [6, 6.07) is 0.562. The summed E-state index contributed by atoms with van der Waals surface area (Å²) in [7, 11) is 1.57. The molecular formula is C14H20N2O3S.